The molecule has 2 amide bonds. The molecule has 0 bridgehead atoms. The number of nitrogens with one attached hydrogen (secondary N) is 1. The van der Waals surface area contributed by atoms with Gasteiger partial charge in [0.25, 0.3) is 0 Å². The SMILES string of the molecule is O=C(Nc1ccc(SC(F)(F)F)cc1)N1CCCCC[C@H]1c1ccncc1. The number of thioether (sulfide) groups is 1. The van der Waals surface area contributed by atoms with Crippen LogP contribution in [0, 0.1) is 0 Å². The van der Waals surface area contributed by atoms with Crippen molar-refractivity contribution >= 4 is 23.5 Å². The van der Waals surface area contributed by atoms with E-state index in [9.17, 15) is 18.0 Å². The van der Waals surface area contributed by atoms with Gasteiger partial charge in [-0.05, 0) is 66.6 Å². The number of carbonyl (C=O) groups is 1. The molecule has 1 saturated heterocycles. The highest BCUT2D eigenvalue weighted by Crippen LogP contribution is 2.37. The van der Waals surface area contributed by atoms with Crippen LogP contribution in [0.2, 0.25) is 0 Å². The maximum atomic E-state index is 12.8. The first kappa shape index (κ1) is 19.5. The molecule has 0 spiro atoms. The zero-order valence-corrected chi connectivity index (χ0v) is 15.4. The summed E-state index contributed by atoms with van der Waals surface area (Å²) in [5.74, 6) is 0. The second-order valence-corrected chi connectivity index (χ2v) is 7.48. The summed E-state index contributed by atoms with van der Waals surface area (Å²) >= 11 is -0.172. The van der Waals surface area contributed by atoms with E-state index in [1.54, 1.807) is 17.3 Å². The summed E-state index contributed by atoms with van der Waals surface area (Å²) in [4.78, 5) is 18.8. The predicted octanol–water partition coefficient (Wildman–Crippen LogP) is 5.84. The number of nitrogens with zero attached hydrogens (tertiary/aromatic N) is 2. The Balaban J connectivity index is 1.71. The molecule has 1 aliphatic rings. The zero-order chi connectivity index (χ0) is 19.3. The van der Waals surface area contributed by atoms with E-state index in [4.69, 9.17) is 0 Å². The van der Waals surface area contributed by atoms with Crippen molar-refractivity contribution in [3.63, 3.8) is 0 Å². The van der Waals surface area contributed by atoms with Gasteiger partial charge in [-0.2, -0.15) is 13.2 Å². The minimum absolute atomic E-state index is 0.0319. The van der Waals surface area contributed by atoms with Crippen LogP contribution in [0.1, 0.15) is 37.3 Å². The number of hydrogen-bond donors (Lipinski definition) is 1. The fourth-order valence-corrected chi connectivity index (χ4v) is 3.76. The molecule has 0 radical (unpaired) electrons. The summed E-state index contributed by atoms with van der Waals surface area (Å²) in [6, 6.07) is 9.26. The fraction of sp³-hybridized carbons (Fsp3) is 0.368. The van der Waals surface area contributed by atoms with Gasteiger partial charge in [-0.3, -0.25) is 4.98 Å². The van der Waals surface area contributed by atoms with E-state index in [2.05, 4.69) is 10.3 Å². The maximum absolute atomic E-state index is 12.8. The zero-order valence-electron chi connectivity index (χ0n) is 14.6. The lowest BCUT2D eigenvalue weighted by Crippen LogP contribution is -2.38. The van der Waals surface area contributed by atoms with E-state index in [-0.39, 0.29) is 28.7 Å². The van der Waals surface area contributed by atoms with Gasteiger partial charge in [-0.1, -0.05) is 12.8 Å². The van der Waals surface area contributed by atoms with Gasteiger partial charge in [0, 0.05) is 29.5 Å². The molecule has 1 aromatic carbocycles. The first-order chi connectivity index (χ1) is 12.9. The normalized spacial score (nSPS) is 18.0. The van der Waals surface area contributed by atoms with Gasteiger partial charge in [0.1, 0.15) is 0 Å². The van der Waals surface area contributed by atoms with Crippen molar-refractivity contribution in [2.45, 2.75) is 42.1 Å². The second kappa shape index (κ2) is 8.65. The molecule has 27 heavy (non-hydrogen) atoms. The van der Waals surface area contributed by atoms with Gasteiger partial charge in [-0.15, -0.1) is 0 Å². The van der Waals surface area contributed by atoms with Crippen LogP contribution in [0.5, 0.6) is 0 Å². The van der Waals surface area contributed by atoms with Crippen molar-refractivity contribution in [3.8, 4) is 0 Å². The van der Waals surface area contributed by atoms with Gasteiger partial charge < -0.3 is 10.2 Å². The number of halogens is 3. The number of alkyl halides is 3. The maximum Gasteiger partial charge on any atom is 0.446 e. The topological polar surface area (TPSA) is 45.2 Å². The van der Waals surface area contributed by atoms with Crippen molar-refractivity contribution in [1.82, 2.24) is 9.88 Å². The van der Waals surface area contributed by atoms with Gasteiger partial charge >= 0.3 is 11.5 Å². The monoisotopic (exact) mass is 395 g/mol. The lowest BCUT2D eigenvalue weighted by molar-refractivity contribution is -0.0328. The molecule has 2 heterocycles. The standard InChI is InChI=1S/C19H20F3N3OS/c20-19(21,22)27-16-7-5-15(6-8-16)24-18(26)25-13-3-1-2-4-17(25)14-9-11-23-12-10-14/h5-12,17H,1-4,13H2,(H,24,26)/t17-/m0/s1. The van der Waals surface area contributed by atoms with Gasteiger partial charge in [-0.25, -0.2) is 4.79 Å². The Labute approximate surface area is 160 Å². The van der Waals surface area contributed by atoms with Crippen LogP contribution >= 0.6 is 11.8 Å². The minimum atomic E-state index is -4.32. The van der Waals surface area contributed by atoms with E-state index >= 15 is 0 Å². The van der Waals surface area contributed by atoms with Gasteiger partial charge in [0.05, 0.1) is 6.04 Å². The van der Waals surface area contributed by atoms with Crippen LogP contribution in [0.25, 0.3) is 0 Å². The molecule has 0 saturated carbocycles. The van der Waals surface area contributed by atoms with Crippen LogP contribution in [-0.2, 0) is 0 Å². The Morgan fingerprint density at radius 1 is 1.07 bits per heavy atom. The number of likely N-dealkylation sites (tertiary alicyclic amines) is 1. The molecule has 1 aliphatic heterocycles. The summed E-state index contributed by atoms with van der Waals surface area (Å²) in [5, 5.41) is 2.81. The lowest BCUT2D eigenvalue weighted by atomic mass is 10.0. The molecule has 1 N–H and O–H groups in total. The fourth-order valence-electron chi connectivity index (χ4n) is 3.22. The second-order valence-electron chi connectivity index (χ2n) is 6.34. The third-order valence-electron chi connectivity index (χ3n) is 4.44. The Hall–Kier alpha value is -2.22. The number of amides is 2. The largest absolute Gasteiger partial charge is 0.446 e. The number of carbonyl (C=O) groups excluding carboxylic acids is 1. The molecule has 3 rings (SSSR count). The third-order valence-corrected chi connectivity index (χ3v) is 5.18. The molecule has 2 aromatic rings. The first-order valence-corrected chi connectivity index (χ1v) is 9.57. The summed E-state index contributed by atoms with van der Waals surface area (Å²) in [5.41, 5.74) is -2.81. The summed E-state index contributed by atoms with van der Waals surface area (Å²) in [6.45, 7) is 0.640. The highest BCUT2D eigenvalue weighted by atomic mass is 32.2. The van der Waals surface area contributed by atoms with Crippen LogP contribution in [0.15, 0.2) is 53.7 Å². The molecule has 8 heteroatoms. The smallest absolute Gasteiger partial charge is 0.317 e. The molecule has 0 aliphatic carbocycles. The number of hydrogen-bond acceptors (Lipinski definition) is 3. The number of anilines is 1. The Kier molecular flexibility index (Phi) is 6.26. The average Bonchev–Trinajstić information content (AvgIpc) is 2.89. The predicted molar refractivity (Wildman–Crippen MR) is 99.5 cm³/mol. The van der Waals surface area contributed by atoms with E-state index < -0.39 is 5.51 Å². The molecule has 1 atom stereocenters. The van der Waals surface area contributed by atoms with Crippen molar-refractivity contribution in [2.75, 3.05) is 11.9 Å². The Bertz CT molecular complexity index is 753. The van der Waals surface area contributed by atoms with Crippen molar-refractivity contribution in [3.05, 3.63) is 54.4 Å². The summed E-state index contributed by atoms with van der Waals surface area (Å²) < 4.78 is 37.3. The van der Waals surface area contributed by atoms with Crippen LogP contribution in [0.3, 0.4) is 0 Å². The molecular weight excluding hydrogens is 375 g/mol. The number of rotatable bonds is 3. The number of benzene rings is 1. The Morgan fingerprint density at radius 3 is 2.44 bits per heavy atom. The lowest BCUT2D eigenvalue weighted by Gasteiger charge is -2.30. The quantitative estimate of drug-likeness (QED) is 0.664. The average molecular weight is 395 g/mol. The van der Waals surface area contributed by atoms with Crippen LogP contribution < -0.4 is 5.32 Å². The van der Waals surface area contributed by atoms with Crippen molar-refractivity contribution in [1.29, 1.82) is 0 Å². The number of urea groups is 1. The third kappa shape index (κ3) is 5.63. The molecule has 0 unspecified atom stereocenters. The minimum Gasteiger partial charge on any atom is -0.317 e. The van der Waals surface area contributed by atoms with E-state index in [1.165, 1.54) is 24.3 Å². The van der Waals surface area contributed by atoms with E-state index in [0.29, 0.717) is 12.2 Å². The Morgan fingerprint density at radius 2 is 1.78 bits per heavy atom. The van der Waals surface area contributed by atoms with Crippen LogP contribution in [0.4, 0.5) is 23.7 Å². The number of pyridine rings is 1. The van der Waals surface area contributed by atoms with E-state index in [0.717, 1.165) is 31.2 Å². The highest BCUT2D eigenvalue weighted by molar-refractivity contribution is 8.00. The first-order valence-electron chi connectivity index (χ1n) is 8.76. The molecule has 1 fully saturated rings. The summed E-state index contributed by atoms with van der Waals surface area (Å²) in [7, 11) is 0. The highest BCUT2D eigenvalue weighted by Gasteiger charge is 2.29. The van der Waals surface area contributed by atoms with E-state index in [1.807, 2.05) is 12.1 Å². The number of aromatic nitrogens is 1. The van der Waals surface area contributed by atoms with Gasteiger partial charge in [0.2, 0.25) is 0 Å². The van der Waals surface area contributed by atoms with Crippen molar-refractivity contribution in [2.24, 2.45) is 0 Å². The van der Waals surface area contributed by atoms with Crippen molar-refractivity contribution < 1.29 is 18.0 Å². The molecule has 4 nitrogen and oxygen atoms in total. The molecule has 1 aromatic heterocycles. The van der Waals surface area contributed by atoms with Crippen LogP contribution in [-0.4, -0.2) is 28.0 Å². The molecule has 144 valence electrons. The molecular formula is C19H20F3N3OS. The van der Waals surface area contributed by atoms with Gasteiger partial charge in [0.15, 0.2) is 0 Å². The summed E-state index contributed by atoms with van der Waals surface area (Å²) in [6.07, 6.45) is 7.34.